The Morgan fingerprint density at radius 3 is 2.47 bits per heavy atom. The van der Waals surface area contributed by atoms with Gasteiger partial charge in [0.1, 0.15) is 10.1 Å². The number of carbonyl (C=O) groups is 1. The number of nitrogens with zero attached hydrogens (tertiary/aromatic N) is 1. The van der Waals surface area contributed by atoms with Crippen molar-refractivity contribution in [1.29, 1.82) is 0 Å². The fourth-order valence-corrected chi connectivity index (χ4v) is 4.49. The maximum absolute atomic E-state index is 12.3. The van der Waals surface area contributed by atoms with Crippen molar-refractivity contribution >= 4 is 51.8 Å². The molecular formula is C24H26ClNO2S2. The molecule has 0 aromatic heterocycles. The predicted octanol–water partition coefficient (Wildman–Crippen LogP) is 6.51. The zero-order valence-electron chi connectivity index (χ0n) is 16.9. The molecule has 2 aromatic rings. The minimum Gasteiger partial charge on any atom is -0.494 e. The van der Waals surface area contributed by atoms with Gasteiger partial charge in [0, 0.05) is 29.4 Å². The number of thiocarbonyl (C=S) groups is 1. The molecule has 30 heavy (non-hydrogen) atoms. The third-order valence-corrected chi connectivity index (χ3v) is 6.69. The molecule has 1 saturated heterocycles. The number of rotatable bonds is 8. The molecule has 0 saturated carbocycles. The normalized spacial score (nSPS) is 14.1. The van der Waals surface area contributed by atoms with E-state index in [2.05, 4.69) is 4.90 Å². The van der Waals surface area contributed by atoms with E-state index in [1.54, 1.807) is 48.2 Å². The Balaban J connectivity index is 1.37. The molecule has 0 aliphatic carbocycles. The Kier molecular flexibility index (Phi) is 9.25. The second-order valence-electron chi connectivity index (χ2n) is 7.14. The van der Waals surface area contributed by atoms with Crippen LogP contribution in [0, 0.1) is 0 Å². The lowest BCUT2D eigenvalue weighted by molar-refractivity contribution is 0.104. The second-order valence-corrected chi connectivity index (χ2v) is 9.30. The monoisotopic (exact) mass is 459 g/mol. The van der Waals surface area contributed by atoms with Crippen LogP contribution in [0.1, 0.15) is 41.6 Å². The van der Waals surface area contributed by atoms with Gasteiger partial charge in [-0.1, -0.05) is 53.8 Å². The number of ketones is 1. The number of piperidine rings is 1. The topological polar surface area (TPSA) is 29.5 Å². The molecule has 0 spiro atoms. The minimum atomic E-state index is -0.0425. The average molecular weight is 460 g/mol. The lowest BCUT2D eigenvalue weighted by Gasteiger charge is -2.28. The summed E-state index contributed by atoms with van der Waals surface area (Å²) >= 11 is 13.1. The molecule has 0 unspecified atom stereocenters. The third kappa shape index (κ3) is 7.46. The summed E-state index contributed by atoms with van der Waals surface area (Å²) in [7, 11) is 0. The van der Waals surface area contributed by atoms with Crippen LogP contribution in [0.25, 0.3) is 6.08 Å². The van der Waals surface area contributed by atoms with Crippen molar-refractivity contribution in [2.75, 3.05) is 25.4 Å². The van der Waals surface area contributed by atoms with Crippen molar-refractivity contribution in [2.24, 2.45) is 0 Å². The molecule has 0 radical (unpaired) electrons. The Bertz CT molecular complexity index is 860. The van der Waals surface area contributed by atoms with Crippen LogP contribution in [0.5, 0.6) is 5.75 Å². The molecule has 3 nitrogen and oxygen atoms in total. The van der Waals surface area contributed by atoms with Gasteiger partial charge in [-0.25, -0.2) is 0 Å². The van der Waals surface area contributed by atoms with Crippen LogP contribution < -0.4 is 4.74 Å². The van der Waals surface area contributed by atoms with Crippen molar-refractivity contribution in [3.05, 3.63) is 70.8 Å². The third-order valence-electron chi connectivity index (χ3n) is 4.83. The van der Waals surface area contributed by atoms with Gasteiger partial charge in [-0.15, -0.1) is 0 Å². The fraction of sp³-hybridized carbons (Fsp3) is 0.333. The maximum atomic E-state index is 12.3. The summed E-state index contributed by atoms with van der Waals surface area (Å²) in [6, 6.07) is 14.6. The molecule has 0 amide bonds. The number of benzene rings is 2. The summed E-state index contributed by atoms with van der Waals surface area (Å²) in [5.41, 5.74) is 1.57. The highest BCUT2D eigenvalue weighted by molar-refractivity contribution is 8.22. The highest BCUT2D eigenvalue weighted by Gasteiger charge is 2.13. The van der Waals surface area contributed by atoms with Crippen molar-refractivity contribution in [3.8, 4) is 5.75 Å². The summed E-state index contributed by atoms with van der Waals surface area (Å²) < 4.78 is 6.81. The van der Waals surface area contributed by atoms with Gasteiger partial charge in [0.15, 0.2) is 5.78 Å². The zero-order chi connectivity index (χ0) is 21.2. The van der Waals surface area contributed by atoms with E-state index in [9.17, 15) is 4.79 Å². The van der Waals surface area contributed by atoms with Crippen LogP contribution in [0.4, 0.5) is 0 Å². The lowest BCUT2D eigenvalue weighted by atomic mass is 10.1. The fourth-order valence-electron chi connectivity index (χ4n) is 3.13. The van der Waals surface area contributed by atoms with Crippen LogP contribution in [0.3, 0.4) is 0 Å². The highest BCUT2D eigenvalue weighted by atomic mass is 35.5. The number of allylic oxidation sites excluding steroid dienone is 1. The van der Waals surface area contributed by atoms with E-state index in [4.69, 9.17) is 28.6 Å². The Morgan fingerprint density at radius 2 is 1.77 bits per heavy atom. The molecule has 158 valence electrons. The first kappa shape index (κ1) is 22.9. The van der Waals surface area contributed by atoms with Crippen LogP contribution in [-0.2, 0) is 0 Å². The van der Waals surface area contributed by atoms with Crippen molar-refractivity contribution in [2.45, 2.75) is 25.7 Å². The van der Waals surface area contributed by atoms with Gasteiger partial charge in [-0.05, 0) is 73.7 Å². The van der Waals surface area contributed by atoms with Crippen LogP contribution in [0.2, 0.25) is 5.02 Å². The van der Waals surface area contributed by atoms with Crippen LogP contribution in [-0.4, -0.2) is 40.5 Å². The molecule has 0 N–H and O–H groups in total. The van der Waals surface area contributed by atoms with E-state index in [-0.39, 0.29) is 5.78 Å². The van der Waals surface area contributed by atoms with E-state index >= 15 is 0 Å². The number of thioether (sulfide) groups is 1. The molecule has 1 aliphatic rings. The van der Waals surface area contributed by atoms with Gasteiger partial charge in [0.25, 0.3) is 0 Å². The van der Waals surface area contributed by atoms with E-state index in [0.717, 1.165) is 40.9 Å². The summed E-state index contributed by atoms with van der Waals surface area (Å²) in [5, 5.41) is 0.678. The average Bonchev–Trinajstić information content (AvgIpc) is 2.79. The number of likely N-dealkylation sites (tertiary alicyclic amines) is 1. The number of hydrogen-bond acceptors (Lipinski definition) is 4. The lowest BCUT2D eigenvalue weighted by Crippen LogP contribution is -2.32. The van der Waals surface area contributed by atoms with Gasteiger partial charge in [-0.2, -0.15) is 0 Å². The van der Waals surface area contributed by atoms with Gasteiger partial charge in [0.2, 0.25) is 0 Å². The molecule has 1 aliphatic heterocycles. The van der Waals surface area contributed by atoms with Crippen LogP contribution >= 0.6 is 35.6 Å². The number of hydrogen-bond donors (Lipinski definition) is 0. The Morgan fingerprint density at radius 1 is 1.07 bits per heavy atom. The molecule has 1 fully saturated rings. The summed E-state index contributed by atoms with van der Waals surface area (Å²) in [6.07, 6.45) is 8.11. The van der Waals surface area contributed by atoms with Gasteiger partial charge >= 0.3 is 0 Å². The Labute approximate surface area is 193 Å². The molecule has 0 bridgehead atoms. The smallest absolute Gasteiger partial charge is 0.185 e. The Hall–Kier alpha value is -1.82. The molecule has 1 heterocycles. The number of carbonyl (C=O) groups excluding carboxylic acids is 1. The maximum Gasteiger partial charge on any atom is 0.185 e. The number of halogens is 1. The minimum absolute atomic E-state index is 0.0425. The molecule has 3 rings (SSSR count). The van der Waals surface area contributed by atoms with Crippen molar-refractivity contribution in [3.63, 3.8) is 0 Å². The zero-order valence-corrected chi connectivity index (χ0v) is 19.3. The quantitative estimate of drug-likeness (QED) is 0.194. The number of ether oxygens (including phenoxy) is 1. The largest absolute Gasteiger partial charge is 0.494 e. The first-order valence-electron chi connectivity index (χ1n) is 10.2. The standard InChI is InChI=1S/C24H26ClNO2S2/c25-21-10-5-19(6-11-21)7-14-23(27)20-8-12-22(13-9-20)28-17-4-18-30-24(29)26-15-2-1-3-16-26/h5-14H,1-4,15-18H2/b14-7+. The molecule has 2 aromatic carbocycles. The highest BCUT2D eigenvalue weighted by Crippen LogP contribution is 2.18. The van der Waals surface area contributed by atoms with Gasteiger partial charge < -0.3 is 9.64 Å². The predicted molar refractivity (Wildman–Crippen MR) is 132 cm³/mol. The summed E-state index contributed by atoms with van der Waals surface area (Å²) in [5.74, 6) is 1.69. The van der Waals surface area contributed by atoms with Gasteiger partial charge in [-0.3, -0.25) is 4.79 Å². The summed E-state index contributed by atoms with van der Waals surface area (Å²) in [6.45, 7) is 2.84. The van der Waals surface area contributed by atoms with E-state index < -0.39 is 0 Å². The van der Waals surface area contributed by atoms with E-state index in [1.807, 2.05) is 24.3 Å². The van der Waals surface area contributed by atoms with Gasteiger partial charge in [0.05, 0.1) is 6.61 Å². The summed E-state index contributed by atoms with van der Waals surface area (Å²) in [4.78, 5) is 14.6. The first-order valence-corrected chi connectivity index (χ1v) is 12.0. The SMILES string of the molecule is O=C(/C=C/c1ccc(Cl)cc1)c1ccc(OCCCSC(=S)N2CCCCC2)cc1. The van der Waals surface area contributed by atoms with Crippen LogP contribution in [0.15, 0.2) is 54.6 Å². The molecule has 0 atom stereocenters. The first-order chi connectivity index (χ1) is 14.6. The van der Waals surface area contributed by atoms with E-state index in [1.165, 1.54) is 19.3 Å². The van der Waals surface area contributed by atoms with Crippen molar-refractivity contribution < 1.29 is 9.53 Å². The van der Waals surface area contributed by atoms with E-state index in [0.29, 0.717) is 17.2 Å². The second kappa shape index (κ2) is 12.1. The molecular weight excluding hydrogens is 434 g/mol. The van der Waals surface area contributed by atoms with Crippen molar-refractivity contribution in [1.82, 2.24) is 4.90 Å². The molecule has 6 heteroatoms.